The SMILES string of the molecule is CC1CCCC(C)N1NC(=O)c1ccncc1F. The molecule has 98 valence electrons. The predicted molar refractivity (Wildman–Crippen MR) is 66.3 cm³/mol. The molecule has 0 spiro atoms. The Bertz CT molecular complexity index is 428. The topological polar surface area (TPSA) is 45.2 Å². The molecule has 18 heavy (non-hydrogen) atoms. The van der Waals surface area contributed by atoms with Crippen molar-refractivity contribution in [2.24, 2.45) is 0 Å². The number of nitrogens with one attached hydrogen (secondary N) is 1. The van der Waals surface area contributed by atoms with E-state index >= 15 is 0 Å². The van der Waals surface area contributed by atoms with Crippen LogP contribution in [0.25, 0.3) is 0 Å². The van der Waals surface area contributed by atoms with Crippen molar-refractivity contribution in [1.29, 1.82) is 0 Å². The number of amides is 1. The molecule has 5 heteroatoms. The van der Waals surface area contributed by atoms with E-state index in [4.69, 9.17) is 0 Å². The first-order chi connectivity index (χ1) is 8.59. The van der Waals surface area contributed by atoms with E-state index in [1.54, 1.807) is 0 Å². The molecule has 4 nitrogen and oxygen atoms in total. The Labute approximate surface area is 106 Å². The van der Waals surface area contributed by atoms with Gasteiger partial charge in [0.05, 0.1) is 11.8 Å². The van der Waals surface area contributed by atoms with E-state index in [2.05, 4.69) is 24.3 Å². The Kier molecular flexibility index (Phi) is 3.91. The summed E-state index contributed by atoms with van der Waals surface area (Å²) >= 11 is 0. The fourth-order valence-electron chi connectivity index (χ4n) is 2.38. The minimum absolute atomic E-state index is 0.0370. The van der Waals surface area contributed by atoms with Gasteiger partial charge in [0.2, 0.25) is 0 Å². The maximum Gasteiger partial charge on any atom is 0.268 e. The predicted octanol–water partition coefficient (Wildman–Crippen LogP) is 2.13. The summed E-state index contributed by atoms with van der Waals surface area (Å²) in [6, 6.07) is 1.95. The van der Waals surface area contributed by atoms with Gasteiger partial charge in [0.25, 0.3) is 5.91 Å². The summed E-state index contributed by atoms with van der Waals surface area (Å²) in [5.41, 5.74) is 2.84. The fourth-order valence-corrected chi connectivity index (χ4v) is 2.38. The van der Waals surface area contributed by atoms with Crippen molar-refractivity contribution in [3.63, 3.8) is 0 Å². The molecule has 0 radical (unpaired) electrons. The van der Waals surface area contributed by atoms with Crippen molar-refractivity contribution in [1.82, 2.24) is 15.4 Å². The highest BCUT2D eigenvalue weighted by molar-refractivity contribution is 5.93. The molecular formula is C13H18FN3O. The average Bonchev–Trinajstić information content (AvgIpc) is 2.34. The molecule has 1 aliphatic heterocycles. The molecule has 0 bridgehead atoms. The zero-order valence-corrected chi connectivity index (χ0v) is 10.7. The van der Waals surface area contributed by atoms with Crippen LogP contribution in [0.2, 0.25) is 0 Å². The number of hydrazine groups is 1. The Morgan fingerprint density at radius 3 is 2.72 bits per heavy atom. The van der Waals surface area contributed by atoms with E-state index in [1.807, 2.05) is 5.01 Å². The Hall–Kier alpha value is -1.49. The number of carbonyl (C=O) groups excluding carboxylic acids is 1. The maximum absolute atomic E-state index is 13.4. The number of hydrogen-bond donors (Lipinski definition) is 1. The number of halogens is 1. The third-order valence-corrected chi connectivity index (χ3v) is 3.44. The van der Waals surface area contributed by atoms with E-state index in [0.29, 0.717) is 0 Å². The average molecular weight is 251 g/mol. The Balaban J connectivity index is 2.09. The molecule has 0 aliphatic carbocycles. The minimum Gasteiger partial charge on any atom is -0.284 e. The van der Waals surface area contributed by atoms with Crippen LogP contribution >= 0.6 is 0 Å². The van der Waals surface area contributed by atoms with Crippen LogP contribution in [0.3, 0.4) is 0 Å². The zero-order valence-electron chi connectivity index (χ0n) is 10.7. The molecule has 1 amide bonds. The lowest BCUT2D eigenvalue weighted by atomic mass is 10.00. The minimum atomic E-state index is -0.590. The molecule has 2 rings (SSSR count). The zero-order chi connectivity index (χ0) is 13.1. The van der Waals surface area contributed by atoms with Crippen molar-refractivity contribution >= 4 is 5.91 Å². The van der Waals surface area contributed by atoms with E-state index < -0.39 is 11.7 Å². The summed E-state index contributed by atoms with van der Waals surface area (Å²) in [5, 5.41) is 1.92. The molecule has 1 saturated heterocycles. The van der Waals surface area contributed by atoms with Gasteiger partial charge >= 0.3 is 0 Å². The second kappa shape index (κ2) is 5.44. The van der Waals surface area contributed by atoms with Crippen LogP contribution in [0, 0.1) is 5.82 Å². The summed E-state index contributed by atoms with van der Waals surface area (Å²) in [6.45, 7) is 4.14. The first-order valence-corrected chi connectivity index (χ1v) is 6.28. The van der Waals surface area contributed by atoms with Crippen molar-refractivity contribution in [3.8, 4) is 0 Å². The van der Waals surface area contributed by atoms with Crippen molar-refractivity contribution < 1.29 is 9.18 Å². The maximum atomic E-state index is 13.4. The highest BCUT2D eigenvalue weighted by Gasteiger charge is 2.27. The molecule has 1 aromatic rings. The van der Waals surface area contributed by atoms with E-state index in [9.17, 15) is 9.18 Å². The van der Waals surface area contributed by atoms with Crippen LogP contribution in [0.4, 0.5) is 4.39 Å². The van der Waals surface area contributed by atoms with E-state index in [0.717, 1.165) is 19.0 Å². The van der Waals surface area contributed by atoms with Gasteiger partial charge in [0.1, 0.15) is 0 Å². The van der Waals surface area contributed by atoms with Crippen LogP contribution in [0.5, 0.6) is 0 Å². The molecule has 2 atom stereocenters. The molecule has 1 aliphatic rings. The number of carbonyl (C=O) groups is 1. The fraction of sp³-hybridized carbons (Fsp3) is 0.538. The lowest BCUT2D eigenvalue weighted by Gasteiger charge is -2.38. The number of piperidine rings is 1. The van der Waals surface area contributed by atoms with Gasteiger partial charge < -0.3 is 0 Å². The number of hydrogen-bond acceptors (Lipinski definition) is 3. The molecule has 2 heterocycles. The third-order valence-electron chi connectivity index (χ3n) is 3.44. The molecule has 2 unspecified atom stereocenters. The smallest absolute Gasteiger partial charge is 0.268 e. The molecular weight excluding hydrogens is 233 g/mol. The van der Waals surface area contributed by atoms with Crippen LogP contribution in [-0.4, -0.2) is 28.0 Å². The standard InChI is InChI=1S/C13H18FN3O/c1-9-4-3-5-10(2)17(9)16-13(18)11-6-7-15-8-12(11)14/h6-10H,3-5H2,1-2H3,(H,16,18). The summed E-state index contributed by atoms with van der Waals surface area (Å²) < 4.78 is 13.4. The first kappa shape index (κ1) is 13.0. The summed E-state index contributed by atoms with van der Waals surface area (Å²) in [6.07, 6.45) is 5.73. The van der Waals surface area contributed by atoms with Gasteiger partial charge in [-0.2, -0.15) is 0 Å². The van der Waals surface area contributed by atoms with Gasteiger partial charge in [-0.15, -0.1) is 0 Å². The number of pyridine rings is 1. The molecule has 1 fully saturated rings. The monoisotopic (exact) mass is 251 g/mol. The van der Waals surface area contributed by atoms with Crippen LogP contribution in [-0.2, 0) is 0 Å². The first-order valence-electron chi connectivity index (χ1n) is 6.28. The second-order valence-corrected chi connectivity index (χ2v) is 4.83. The second-order valence-electron chi connectivity index (χ2n) is 4.83. The van der Waals surface area contributed by atoms with Gasteiger partial charge in [0.15, 0.2) is 5.82 Å². The van der Waals surface area contributed by atoms with Crippen LogP contribution in [0.15, 0.2) is 18.5 Å². The van der Waals surface area contributed by atoms with Crippen molar-refractivity contribution in [2.45, 2.75) is 45.2 Å². The van der Waals surface area contributed by atoms with E-state index in [1.165, 1.54) is 18.7 Å². The lowest BCUT2D eigenvalue weighted by Crippen LogP contribution is -2.54. The highest BCUT2D eigenvalue weighted by Crippen LogP contribution is 2.20. The summed E-state index contributed by atoms with van der Waals surface area (Å²) in [7, 11) is 0. The van der Waals surface area contributed by atoms with Gasteiger partial charge in [0, 0.05) is 18.3 Å². The molecule has 0 saturated carbocycles. The van der Waals surface area contributed by atoms with Gasteiger partial charge in [-0.05, 0) is 32.8 Å². The van der Waals surface area contributed by atoms with Crippen molar-refractivity contribution in [3.05, 3.63) is 29.8 Å². The normalized spacial score (nSPS) is 24.8. The molecule has 0 aromatic carbocycles. The number of aromatic nitrogens is 1. The molecule has 1 aromatic heterocycles. The van der Waals surface area contributed by atoms with Crippen molar-refractivity contribution in [2.75, 3.05) is 0 Å². The lowest BCUT2D eigenvalue weighted by molar-refractivity contribution is 0.0367. The van der Waals surface area contributed by atoms with Crippen LogP contribution in [0.1, 0.15) is 43.5 Å². The number of nitrogens with zero attached hydrogens (tertiary/aromatic N) is 2. The van der Waals surface area contributed by atoms with Gasteiger partial charge in [-0.3, -0.25) is 15.2 Å². The van der Waals surface area contributed by atoms with Gasteiger partial charge in [-0.1, -0.05) is 6.42 Å². The third kappa shape index (κ3) is 2.67. The largest absolute Gasteiger partial charge is 0.284 e. The Morgan fingerprint density at radius 2 is 2.11 bits per heavy atom. The molecule has 1 N–H and O–H groups in total. The van der Waals surface area contributed by atoms with Gasteiger partial charge in [-0.25, -0.2) is 9.40 Å². The Morgan fingerprint density at radius 1 is 1.44 bits per heavy atom. The highest BCUT2D eigenvalue weighted by atomic mass is 19.1. The quantitative estimate of drug-likeness (QED) is 0.875. The summed E-state index contributed by atoms with van der Waals surface area (Å²) in [4.78, 5) is 15.6. The number of rotatable bonds is 2. The van der Waals surface area contributed by atoms with E-state index in [-0.39, 0.29) is 17.6 Å². The van der Waals surface area contributed by atoms with Crippen LogP contribution < -0.4 is 5.43 Å². The summed E-state index contributed by atoms with van der Waals surface area (Å²) in [5.74, 6) is -0.997.